The SMILES string of the molecule is [CH]=CN(CCCCC)N(C)C. The van der Waals surface area contributed by atoms with Crippen LogP contribution in [0.25, 0.3) is 0 Å². The molecule has 0 atom stereocenters. The zero-order valence-corrected chi connectivity index (χ0v) is 7.88. The van der Waals surface area contributed by atoms with E-state index in [9.17, 15) is 0 Å². The van der Waals surface area contributed by atoms with Crippen LogP contribution in [0.1, 0.15) is 26.2 Å². The summed E-state index contributed by atoms with van der Waals surface area (Å²) >= 11 is 0. The summed E-state index contributed by atoms with van der Waals surface area (Å²) in [6, 6.07) is 0. The van der Waals surface area contributed by atoms with E-state index in [4.69, 9.17) is 6.58 Å². The lowest BCUT2D eigenvalue weighted by molar-refractivity contribution is 0.0805. The summed E-state index contributed by atoms with van der Waals surface area (Å²) in [6.07, 6.45) is 5.36. The second-order valence-electron chi connectivity index (χ2n) is 2.87. The first kappa shape index (κ1) is 10.5. The van der Waals surface area contributed by atoms with Gasteiger partial charge in [-0.1, -0.05) is 19.8 Å². The molecular formula is C9H19N2. The van der Waals surface area contributed by atoms with Gasteiger partial charge in [-0.3, -0.25) is 0 Å². The predicted octanol–water partition coefficient (Wildman–Crippen LogP) is 1.90. The van der Waals surface area contributed by atoms with Crippen LogP contribution in [0.5, 0.6) is 0 Å². The minimum atomic E-state index is 1.03. The van der Waals surface area contributed by atoms with Crippen LogP contribution in [-0.2, 0) is 0 Å². The van der Waals surface area contributed by atoms with Crippen molar-refractivity contribution in [3.8, 4) is 0 Å². The summed E-state index contributed by atoms with van der Waals surface area (Å²) in [7, 11) is 3.99. The van der Waals surface area contributed by atoms with Gasteiger partial charge in [0.1, 0.15) is 0 Å². The molecule has 2 heteroatoms. The summed E-state index contributed by atoms with van der Waals surface area (Å²) in [5, 5.41) is 4.01. The molecule has 0 aliphatic heterocycles. The molecule has 0 amide bonds. The molecule has 0 aromatic heterocycles. The molecule has 0 saturated heterocycles. The Morgan fingerprint density at radius 1 is 1.27 bits per heavy atom. The fourth-order valence-electron chi connectivity index (χ4n) is 0.932. The second-order valence-corrected chi connectivity index (χ2v) is 2.87. The summed E-state index contributed by atoms with van der Waals surface area (Å²) in [6.45, 7) is 8.64. The number of rotatable bonds is 6. The first-order valence-corrected chi connectivity index (χ1v) is 4.21. The second kappa shape index (κ2) is 6.23. The van der Waals surface area contributed by atoms with Crippen LogP contribution in [0, 0.1) is 6.58 Å². The Morgan fingerprint density at radius 2 is 1.91 bits per heavy atom. The molecule has 0 saturated carbocycles. The molecule has 0 N–H and O–H groups in total. The molecule has 0 bridgehead atoms. The molecule has 0 aliphatic carbocycles. The van der Waals surface area contributed by atoms with Crippen LogP contribution in [0.4, 0.5) is 0 Å². The molecule has 0 aromatic rings. The number of hydrazine groups is 1. The molecule has 0 rings (SSSR count). The van der Waals surface area contributed by atoms with Crippen LogP contribution in [-0.4, -0.2) is 30.7 Å². The maximum atomic E-state index is 5.42. The van der Waals surface area contributed by atoms with Gasteiger partial charge in [0.05, 0.1) is 0 Å². The molecule has 0 fully saturated rings. The lowest BCUT2D eigenvalue weighted by atomic mass is 10.2. The van der Waals surface area contributed by atoms with E-state index in [-0.39, 0.29) is 0 Å². The molecule has 2 nitrogen and oxygen atoms in total. The molecule has 11 heavy (non-hydrogen) atoms. The zero-order chi connectivity index (χ0) is 8.69. The zero-order valence-electron chi connectivity index (χ0n) is 7.88. The molecule has 0 aliphatic rings. The van der Waals surface area contributed by atoms with Crippen LogP contribution >= 0.6 is 0 Å². The highest BCUT2D eigenvalue weighted by atomic mass is 15.6. The van der Waals surface area contributed by atoms with E-state index in [0.29, 0.717) is 0 Å². The van der Waals surface area contributed by atoms with Crippen molar-refractivity contribution in [3.63, 3.8) is 0 Å². The molecule has 0 spiro atoms. The molecule has 0 aromatic carbocycles. The van der Waals surface area contributed by atoms with E-state index in [2.05, 4.69) is 6.92 Å². The van der Waals surface area contributed by atoms with E-state index in [1.807, 2.05) is 24.1 Å². The number of unbranched alkanes of at least 4 members (excludes halogenated alkanes) is 2. The Hall–Kier alpha value is -0.500. The largest absolute Gasteiger partial charge is 0.314 e. The Kier molecular flexibility index (Phi) is 5.94. The third-order valence-electron chi connectivity index (χ3n) is 1.68. The van der Waals surface area contributed by atoms with Crippen LogP contribution in [0.2, 0.25) is 0 Å². The smallest absolute Gasteiger partial charge is 0.0340 e. The fourth-order valence-corrected chi connectivity index (χ4v) is 0.932. The van der Waals surface area contributed by atoms with Gasteiger partial charge in [-0.05, 0) is 13.0 Å². The molecule has 0 unspecified atom stereocenters. The Bertz CT molecular complexity index is 99.7. The first-order valence-electron chi connectivity index (χ1n) is 4.21. The van der Waals surface area contributed by atoms with Gasteiger partial charge in [0.25, 0.3) is 0 Å². The van der Waals surface area contributed by atoms with Crippen LogP contribution in [0.3, 0.4) is 0 Å². The van der Waals surface area contributed by atoms with Crippen molar-refractivity contribution in [2.75, 3.05) is 20.6 Å². The van der Waals surface area contributed by atoms with E-state index in [1.54, 1.807) is 6.20 Å². The molecule has 65 valence electrons. The minimum Gasteiger partial charge on any atom is -0.314 e. The lowest BCUT2D eigenvalue weighted by Gasteiger charge is -2.26. The van der Waals surface area contributed by atoms with Gasteiger partial charge in [0, 0.05) is 26.8 Å². The molecular weight excluding hydrogens is 136 g/mol. The quantitative estimate of drug-likeness (QED) is 0.427. The van der Waals surface area contributed by atoms with Crippen molar-refractivity contribution in [1.29, 1.82) is 0 Å². The Labute approximate surface area is 70.5 Å². The number of hydrogen-bond acceptors (Lipinski definition) is 2. The normalized spacial score (nSPS) is 10.2. The van der Waals surface area contributed by atoms with Gasteiger partial charge in [0.2, 0.25) is 0 Å². The van der Waals surface area contributed by atoms with E-state index in [1.165, 1.54) is 19.3 Å². The van der Waals surface area contributed by atoms with Crippen molar-refractivity contribution in [3.05, 3.63) is 12.8 Å². The van der Waals surface area contributed by atoms with Crippen molar-refractivity contribution in [2.45, 2.75) is 26.2 Å². The van der Waals surface area contributed by atoms with Crippen LogP contribution in [0.15, 0.2) is 6.20 Å². The highest BCUT2D eigenvalue weighted by Gasteiger charge is 1.98. The van der Waals surface area contributed by atoms with E-state index >= 15 is 0 Å². The number of nitrogens with zero attached hydrogens (tertiary/aromatic N) is 2. The van der Waals surface area contributed by atoms with Crippen molar-refractivity contribution in [1.82, 2.24) is 10.0 Å². The van der Waals surface area contributed by atoms with Gasteiger partial charge in [-0.25, -0.2) is 5.01 Å². The molecule has 0 heterocycles. The maximum Gasteiger partial charge on any atom is 0.0340 e. The van der Waals surface area contributed by atoms with Crippen molar-refractivity contribution in [2.24, 2.45) is 0 Å². The summed E-state index contributed by atoms with van der Waals surface area (Å²) in [4.78, 5) is 0. The Balaban J connectivity index is 3.44. The van der Waals surface area contributed by atoms with Gasteiger partial charge in [0.15, 0.2) is 0 Å². The Morgan fingerprint density at radius 3 is 2.27 bits per heavy atom. The van der Waals surface area contributed by atoms with E-state index in [0.717, 1.165) is 6.54 Å². The standard InChI is InChI=1S/C9H19N2/c1-5-7-8-9-11(6-2)10(3)4/h2,6H,5,7-9H2,1,3-4H3. The van der Waals surface area contributed by atoms with Gasteiger partial charge in [-0.2, -0.15) is 0 Å². The average molecular weight is 155 g/mol. The topological polar surface area (TPSA) is 6.48 Å². The van der Waals surface area contributed by atoms with Gasteiger partial charge in [-0.15, -0.1) is 0 Å². The summed E-state index contributed by atoms with van der Waals surface area (Å²) < 4.78 is 0. The highest BCUT2D eigenvalue weighted by Crippen LogP contribution is 1.99. The van der Waals surface area contributed by atoms with Crippen molar-refractivity contribution < 1.29 is 0 Å². The van der Waals surface area contributed by atoms with Crippen LogP contribution < -0.4 is 0 Å². The first-order chi connectivity index (χ1) is 5.22. The van der Waals surface area contributed by atoms with E-state index < -0.39 is 0 Å². The monoisotopic (exact) mass is 155 g/mol. The third kappa shape index (κ3) is 4.85. The predicted molar refractivity (Wildman–Crippen MR) is 48.8 cm³/mol. The van der Waals surface area contributed by atoms with Gasteiger partial charge >= 0.3 is 0 Å². The molecule has 1 radical (unpaired) electrons. The third-order valence-corrected chi connectivity index (χ3v) is 1.68. The van der Waals surface area contributed by atoms with Crippen molar-refractivity contribution >= 4 is 0 Å². The lowest BCUT2D eigenvalue weighted by Crippen LogP contribution is -2.32. The highest BCUT2D eigenvalue weighted by molar-refractivity contribution is 4.62. The average Bonchev–Trinajstić information content (AvgIpc) is 1.97. The minimum absolute atomic E-state index is 1.03. The fraction of sp³-hybridized carbons (Fsp3) is 0.778. The summed E-state index contributed by atoms with van der Waals surface area (Å²) in [5.41, 5.74) is 0. The number of hydrogen-bond donors (Lipinski definition) is 0. The summed E-state index contributed by atoms with van der Waals surface area (Å²) in [5.74, 6) is 0. The maximum absolute atomic E-state index is 5.42. The van der Waals surface area contributed by atoms with Gasteiger partial charge < -0.3 is 5.01 Å².